The molecule has 0 aliphatic carbocycles. The summed E-state index contributed by atoms with van der Waals surface area (Å²) < 4.78 is 8.34. The van der Waals surface area contributed by atoms with Gasteiger partial charge < -0.3 is 14.9 Å². The summed E-state index contributed by atoms with van der Waals surface area (Å²) in [6.07, 6.45) is 0. The Labute approximate surface area is 42.7 Å². The van der Waals surface area contributed by atoms with Crippen LogP contribution in [0.5, 0.6) is 0 Å². The normalized spacial score (nSPS) is 1.50. The van der Waals surface area contributed by atoms with E-state index in [1.807, 2.05) is 0 Å². The molecule has 0 radical (unpaired) electrons. The van der Waals surface area contributed by atoms with Gasteiger partial charge in [0.05, 0.1) is 0 Å². The van der Waals surface area contributed by atoms with E-state index in [4.69, 9.17) is 2.81 Å². The van der Waals surface area contributed by atoms with Gasteiger partial charge in [0.15, 0.2) is 0 Å². The molecule has 0 unspecified atom stereocenters. The van der Waals surface area contributed by atoms with Crippen LogP contribution in [0.1, 0.15) is 0 Å². The molecular formula is C2H6OZr. The predicted molar refractivity (Wildman–Crippen MR) is 13.5 cm³/mol. The van der Waals surface area contributed by atoms with E-state index < -0.39 is 0 Å². The van der Waals surface area contributed by atoms with Gasteiger partial charge >= 0.3 is 27.5 Å². The van der Waals surface area contributed by atoms with Crippen molar-refractivity contribution >= 4 is 0 Å². The van der Waals surface area contributed by atoms with E-state index in [-0.39, 0.29) is 14.9 Å². The van der Waals surface area contributed by atoms with Crippen molar-refractivity contribution in [2.75, 3.05) is 0 Å². The molecule has 0 amide bonds. The second-order valence-corrected chi connectivity index (χ2v) is 0. The van der Waals surface area contributed by atoms with Crippen LogP contribution < -0.4 is 0 Å². The van der Waals surface area contributed by atoms with Crippen LogP contribution in [0.3, 0.4) is 0 Å². The molecule has 0 N–H and O–H groups in total. The zero-order valence-electron chi connectivity index (χ0n) is 2.91. The molecule has 0 bridgehead atoms. The molecule has 0 spiro atoms. The maximum atomic E-state index is 8.34. The Morgan fingerprint density at radius 2 is 1.00 bits per heavy atom. The van der Waals surface area contributed by atoms with Crippen LogP contribution in [0.4, 0.5) is 0 Å². The van der Waals surface area contributed by atoms with Gasteiger partial charge in [0.25, 0.3) is 0 Å². The van der Waals surface area contributed by atoms with Crippen LogP contribution in [0.25, 0.3) is 0 Å². The Kier molecular flexibility index (Phi) is 319. The van der Waals surface area contributed by atoms with Crippen LogP contribution in [0, 0.1) is 14.9 Å². The second-order valence-electron chi connectivity index (χ2n) is 0. The van der Waals surface area contributed by atoms with Gasteiger partial charge in [0.1, 0.15) is 0 Å². The molecule has 1 nitrogen and oxygen atoms in total. The molecule has 4 heavy (non-hydrogen) atoms. The van der Waals surface area contributed by atoms with Crippen LogP contribution in [-0.4, -0.2) is 0 Å². The fourth-order valence-corrected chi connectivity index (χ4v) is 0. The first-order chi connectivity index (χ1) is 1.00. The van der Waals surface area contributed by atoms with E-state index in [0.29, 0.717) is 24.7 Å². The first-order valence-electron chi connectivity index (χ1n) is 0.204. The number of hydrogen-bond donors (Lipinski definition) is 0. The minimum atomic E-state index is 0. The average molecular weight is 137 g/mol. The Balaban J connectivity index is -0.00000000500. The second kappa shape index (κ2) is 56.8. The Morgan fingerprint density at radius 3 is 1.00 bits per heavy atom. The third-order valence-electron chi connectivity index (χ3n) is 0. The molecule has 0 aliphatic rings. The van der Waals surface area contributed by atoms with Crippen molar-refractivity contribution in [3.05, 3.63) is 14.9 Å². The molecule has 0 aliphatic heterocycles. The van der Waals surface area contributed by atoms with E-state index in [2.05, 4.69) is 0 Å². The molecule has 0 aromatic rings. The minimum absolute atomic E-state index is 0. The van der Waals surface area contributed by atoms with E-state index in [1.54, 1.807) is 0 Å². The molecule has 0 aromatic heterocycles. The van der Waals surface area contributed by atoms with Crippen LogP contribution in [-0.2, 0) is 27.5 Å². The molecule has 2 heteroatoms. The van der Waals surface area contributed by atoms with Crippen molar-refractivity contribution in [3.8, 4) is 0 Å². The summed E-state index contributed by atoms with van der Waals surface area (Å²) in [6.45, 7) is 0. The van der Waals surface area contributed by atoms with Crippen molar-refractivity contribution in [1.29, 1.82) is 0 Å². The molecule has 0 fully saturated rings. The van der Waals surface area contributed by atoms with Gasteiger partial charge in [0.2, 0.25) is 0 Å². The Morgan fingerprint density at radius 1 is 1.00 bits per heavy atom. The van der Waals surface area contributed by atoms with E-state index in [1.165, 1.54) is 0 Å². The van der Waals surface area contributed by atoms with Gasteiger partial charge in [-0.1, -0.05) is 0 Å². The molecule has 0 heterocycles. The summed E-state index contributed by atoms with van der Waals surface area (Å²) in [6, 6.07) is 0. The maximum absolute atomic E-state index is 8.34. The third kappa shape index (κ3) is 16.3. The van der Waals surface area contributed by atoms with Crippen molar-refractivity contribution < 1.29 is 27.5 Å². The SMILES string of the molecule is [CH3-].[CH3-].[O]=[Zr+2]. The molecule has 0 aromatic carbocycles. The molecule has 0 rings (SSSR count). The summed E-state index contributed by atoms with van der Waals surface area (Å²) >= 11 is 0.300. The Bertz CT molecular complexity index is 6.00. The summed E-state index contributed by atoms with van der Waals surface area (Å²) in [7, 11) is 0. The van der Waals surface area contributed by atoms with Crippen LogP contribution in [0.2, 0.25) is 0 Å². The fourth-order valence-electron chi connectivity index (χ4n) is 0. The molecule has 0 saturated heterocycles. The van der Waals surface area contributed by atoms with E-state index in [9.17, 15) is 0 Å². The summed E-state index contributed by atoms with van der Waals surface area (Å²) in [5.41, 5.74) is 0. The van der Waals surface area contributed by atoms with Crippen LogP contribution in [0.15, 0.2) is 0 Å². The quantitative estimate of drug-likeness (QED) is 0.451. The van der Waals surface area contributed by atoms with Gasteiger partial charge in [-0.2, -0.15) is 0 Å². The first-order valence-corrected chi connectivity index (χ1v) is 1.21. The van der Waals surface area contributed by atoms with E-state index in [0.717, 1.165) is 0 Å². The van der Waals surface area contributed by atoms with Crippen molar-refractivity contribution in [1.82, 2.24) is 0 Å². The summed E-state index contributed by atoms with van der Waals surface area (Å²) in [5, 5.41) is 0. The standard InChI is InChI=1S/2CH3.O.Zr/h2*1H3;;/q2*-1;;+2. The topological polar surface area (TPSA) is 17.1 Å². The first kappa shape index (κ1) is 22.4. The van der Waals surface area contributed by atoms with Crippen LogP contribution >= 0.6 is 0 Å². The summed E-state index contributed by atoms with van der Waals surface area (Å²) in [4.78, 5) is 0. The summed E-state index contributed by atoms with van der Waals surface area (Å²) in [5.74, 6) is 0. The van der Waals surface area contributed by atoms with Gasteiger partial charge in [-0.05, 0) is 0 Å². The molecule has 0 saturated carbocycles. The van der Waals surface area contributed by atoms with Gasteiger partial charge in [-0.3, -0.25) is 0 Å². The van der Waals surface area contributed by atoms with E-state index >= 15 is 0 Å². The number of rotatable bonds is 0. The predicted octanol–water partition coefficient (Wildman–Crippen LogP) is 0.779. The van der Waals surface area contributed by atoms with Crippen molar-refractivity contribution in [3.63, 3.8) is 0 Å². The third-order valence-corrected chi connectivity index (χ3v) is 0. The fraction of sp³-hybridized carbons (Fsp3) is 0. The van der Waals surface area contributed by atoms with Gasteiger partial charge in [-0.15, -0.1) is 0 Å². The zero-order valence-corrected chi connectivity index (χ0v) is 5.37. The van der Waals surface area contributed by atoms with Crippen molar-refractivity contribution in [2.45, 2.75) is 0 Å². The molecular weight excluding hydrogens is 131 g/mol. The van der Waals surface area contributed by atoms with Gasteiger partial charge in [0, 0.05) is 0 Å². The Hall–Kier alpha value is 0.683. The monoisotopic (exact) mass is 136 g/mol. The molecule has 24 valence electrons. The zero-order chi connectivity index (χ0) is 2.00. The van der Waals surface area contributed by atoms with Gasteiger partial charge in [-0.25, -0.2) is 0 Å². The molecule has 0 atom stereocenters. The van der Waals surface area contributed by atoms with Crippen molar-refractivity contribution in [2.24, 2.45) is 0 Å². The average Bonchev–Trinajstić information content (AvgIpc) is 1.00. The number of hydrogen-bond acceptors (Lipinski definition) is 1.